The molecule has 0 radical (unpaired) electrons. The third kappa shape index (κ3) is 9.83. The number of unbranched alkanes of at least 4 members (excludes halogenated alkanes) is 3. The van der Waals surface area contributed by atoms with E-state index >= 15 is 0 Å². The zero-order chi connectivity index (χ0) is 9.45. The van der Waals surface area contributed by atoms with Gasteiger partial charge < -0.3 is 5.11 Å². The highest BCUT2D eigenvalue weighted by Gasteiger charge is 1.98. The summed E-state index contributed by atoms with van der Waals surface area (Å²) in [5.74, 6) is 0. The van der Waals surface area contributed by atoms with Crippen molar-refractivity contribution in [3.8, 4) is 0 Å². The van der Waals surface area contributed by atoms with Crippen molar-refractivity contribution in [2.24, 2.45) is 5.14 Å². The van der Waals surface area contributed by atoms with E-state index < -0.39 is 10.2 Å². The number of nitrogens with one attached hydrogen (secondary N) is 1. The van der Waals surface area contributed by atoms with Gasteiger partial charge in [0.1, 0.15) is 0 Å². The number of rotatable bonds is 7. The predicted molar refractivity (Wildman–Crippen MR) is 46.7 cm³/mol. The molecule has 0 amide bonds. The summed E-state index contributed by atoms with van der Waals surface area (Å²) in [6.07, 6.45) is 3.36. The maximum Gasteiger partial charge on any atom is 0.274 e. The van der Waals surface area contributed by atoms with Gasteiger partial charge >= 0.3 is 0 Å². The molecule has 0 spiro atoms. The molecule has 0 rings (SSSR count). The highest BCUT2D eigenvalue weighted by atomic mass is 32.2. The zero-order valence-corrected chi connectivity index (χ0v) is 7.81. The van der Waals surface area contributed by atoms with Gasteiger partial charge in [0.2, 0.25) is 0 Å². The molecule has 4 N–H and O–H groups in total. The fourth-order valence-electron chi connectivity index (χ4n) is 0.805. The van der Waals surface area contributed by atoms with E-state index in [9.17, 15) is 8.42 Å². The largest absolute Gasteiger partial charge is 0.396 e. The Morgan fingerprint density at radius 3 is 2.25 bits per heavy atom. The first-order valence-corrected chi connectivity index (χ1v) is 5.49. The van der Waals surface area contributed by atoms with Crippen LogP contribution in [0.3, 0.4) is 0 Å². The first kappa shape index (κ1) is 11.8. The second kappa shape index (κ2) is 6.36. The van der Waals surface area contributed by atoms with Crippen LogP contribution < -0.4 is 9.86 Å². The van der Waals surface area contributed by atoms with Crippen molar-refractivity contribution in [2.75, 3.05) is 13.2 Å². The highest BCUT2D eigenvalue weighted by Crippen LogP contribution is 1.97. The Hall–Kier alpha value is -0.170. The summed E-state index contributed by atoms with van der Waals surface area (Å²) in [6, 6.07) is 0. The number of hydrogen-bond acceptors (Lipinski definition) is 3. The van der Waals surface area contributed by atoms with Gasteiger partial charge in [-0.1, -0.05) is 12.8 Å². The fraction of sp³-hybridized carbons (Fsp3) is 1.00. The van der Waals surface area contributed by atoms with Gasteiger partial charge in [-0.05, 0) is 12.8 Å². The second-order valence-electron chi connectivity index (χ2n) is 2.58. The van der Waals surface area contributed by atoms with Crippen LogP contribution in [0.5, 0.6) is 0 Å². The molecule has 0 saturated heterocycles. The molecule has 5 nitrogen and oxygen atoms in total. The molecule has 0 aromatic heterocycles. The molecule has 0 saturated carbocycles. The lowest BCUT2D eigenvalue weighted by atomic mass is 10.2. The van der Waals surface area contributed by atoms with Crippen molar-refractivity contribution in [1.82, 2.24) is 4.72 Å². The summed E-state index contributed by atoms with van der Waals surface area (Å²) in [6.45, 7) is 0.576. The summed E-state index contributed by atoms with van der Waals surface area (Å²) in [4.78, 5) is 0. The average Bonchev–Trinajstić information content (AvgIpc) is 1.94. The zero-order valence-electron chi connectivity index (χ0n) is 6.99. The second-order valence-corrected chi connectivity index (χ2v) is 3.96. The molecule has 0 unspecified atom stereocenters. The van der Waals surface area contributed by atoms with Crippen molar-refractivity contribution < 1.29 is 13.5 Å². The Morgan fingerprint density at radius 2 is 1.75 bits per heavy atom. The third-order valence-corrected chi connectivity index (χ3v) is 1.99. The summed E-state index contributed by atoms with van der Waals surface area (Å²) in [7, 11) is -3.52. The van der Waals surface area contributed by atoms with Gasteiger partial charge in [0.15, 0.2) is 0 Å². The normalized spacial score (nSPS) is 11.8. The minimum atomic E-state index is -3.52. The molecular formula is C6H16N2O3S. The van der Waals surface area contributed by atoms with Gasteiger partial charge in [-0.25, -0.2) is 9.86 Å². The lowest BCUT2D eigenvalue weighted by Gasteiger charge is -2.00. The number of aliphatic hydroxyl groups is 1. The SMILES string of the molecule is NS(=O)(=O)NCCCCCCO. The van der Waals surface area contributed by atoms with Crippen LogP contribution in [0.2, 0.25) is 0 Å². The first-order valence-electron chi connectivity index (χ1n) is 3.94. The summed E-state index contributed by atoms with van der Waals surface area (Å²) < 4.78 is 22.9. The van der Waals surface area contributed by atoms with Crippen LogP contribution in [0.25, 0.3) is 0 Å². The molecule has 0 aliphatic carbocycles. The maximum absolute atomic E-state index is 10.3. The van der Waals surface area contributed by atoms with Crippen LogP contribution in [0.1, 0.15) is 25.7 Å². The lowest BCUT2D eigenvalue weighted by Crippen LogP contribution is -2.31. The molecule has 0 heterocycles. The van der Waals surface area contributed by atoms with E-state index in [1.807, 2.05) is 0 Å². The van der Waals surface area contributed by atoms with Crippen LogP contribution in [-0.2, 0) is 10.2 Å². The highest BCUT2D eigenvalue weighted by molar-refractivity contribution is 7.87. The predicted octanol–water partition coefficient (Wildman–Crippen LogP) is -0.668. The first-order chi connectivity index (χ1) is 5.56. The molecule has 0 aliphatic heterocycles. The molecule has 6 heteroatoms. The number of aliphatic hydroxyl groups excluding tert-OH is 1. The van der Waals surface area contributed by atoms with Crippen molar-refractivity contribution in [1.29, 1.82) is 0 Å². The monoisotopic (exact) mass is 196 g/mol. The molecule has 0 aromatic rings. The van der Waals surface area contributed by atoms with Gasteiger partial charge in [0.25, 0.3) is 10.2 Å². The number of hydrogen-bond donors (Lipinski definition) is 3. The number of nitrogens with two attached hydrogens (primary N) is 1. The molecular weight excluding hydrogens is 180 g/mol. The van der Waals surface area contributed by atoms with Gasteiger partial charge in [-0.3, -0.25) is 0 Å². The van der Waals surface area contributed by atoms with E-state index in [2.05, 4.69) is 4.72 Å². The summed E-state index contributed by atoms with van der Waals surface area (Å²) >= 11 is 0. The van der Waals surface area contributed by atoms with Gasteiger partial charge in [0.05, 0.1) is 0 Å². The lowest BCUT2D eigenvalue weighted by molar-refractivity contribution is 0.282. The van der Waals surface area contributed by atoms with E-state index in [-0.39, 0.29) is 6.61 Å². The minimum Gasteiger partial charge on any atom is -0.396 e. The Labute approximate surface area is 73.1 Å². The molecule has 0 aliphatic rings. The van der Waals surface area contributed by atoms with E-state index in [4.69, 9.17) is 10.2 Å². The Kier molecular flexibility index (Phi) is 6.27. The fourth-order valence-corrected chi connectivity index (χ4v) is 1.23. The van der Waals surface area contributed by atoms with Crippen LogP contribution in [-0.4, -0.2) is 26.7 Å². The quantitative estimate of drug-likeness (QED) is 0.472. The minimum absolute atomic E-state index is 0.197. The van der Waals surface area contributed by atoms with Crippen molar-refractivity contribution in [3.05, 3.63) is 0 Å². The summed E-state index contributed by atoms with van der Waals surface area (Å²) in [5.41, 5.74) is 0. The van der Waals surface area contributed by atoms with E-state index in [0.717, 1.165) is 25.7 Å². The maximum atomic E-state index is 10.3. The molecule has 12 heavy (non-hydrogen) atoms. The average molecular weight is 196 g/mol. The molecule has 0 fully saturated rings. The van der Waals surface area contributed by atoms with E-state index in [1.165, 1.54) is 0 Å². The van der Waals surface area contributed by atoms with Crippen LogP contribution in [0.15, 0.2) is 0 Å². The van der Waals surface area contributed by atoms with Gasteiger partial charge in [0, 0.05) is 13.2 Å². The van der Waals surface area contributed by atoms with Crippen molar-refractivity contribution >= 4 is 10.2 Å². The molecule has 0 atom stereocenters. The standard InChI is InChI=1S/C6H16N2O3S/c7-12(10,11)8-5-3-1-2-4-6-9/h8-9H,1-6H2,(H2,7,10,11). The van der Waals surface area contributed by atoms with E-state index in [0.29, 0.717) is 6.54 Å². The van der Waals surface area contributed by atoms with Crippen molar-refractivity contribution in [2.45, 2.75) is 25.7 Å². The van der Waals surface area contributed by atoms with Crippen LogP contribution in [0, 0.1) is 0 Å². The topological polar surface area (TPSA) is 92.4 Å². The van der Waals surface area contributed by atoms with E-state index in [1.54, 1.807) is 0 Å². The van der Waals surface area contributed by atoms with Crippen molar-refractivity contribution in [3.63, 3.8) is 0 Å². The van der Waals surface area contributed by atoms with Crippen LogP contribution in [0.4, 0.5) is 0 Å². The Morgan fingerprint density at radius 1 is 1.17 bits per heavy atom. The molecule has 0 aromatic carbocycles. The Bertz CT molecular complexity index is 191. The van der Waals surface area contributed by atoms with Gasteiger partial charge in [-0.15, -0.1) is 0 Å². The molecule has 0 bridgehead atoms. The van der Waals surface area contributed by atoms with Gasteiger partial charge in [-0.2, -0.15) is 8.42 Å². The third-order valence-electron chi connectivity index (χ3n) is 1.39. The molecule has 74 valence electrons. The smallest absolute Gasteiger partial charge is 0.274 e. The van der Waals surface area contributed by atoms with Crippen LogP contribution >= 0.6 is 0 Å². The summed E-state index contributed by atoms with van der Waals surface area (Å²) in [5, 5.41) is 13.1. The Balaban J connectivity index is 3.12.